The normalized spacial score (nSPS) is 9.54. The fourth-order valence-corrected chi connectivity index (χ4v) is 2.16. The molecule has 0 unspecified atom stereocenters. The van der Waals surface area contributed by atoms with Crippen molar-refractivity contribution in [2.75, 3.05) is 19.8 Å². The number of unbranched alkanes of at least 4 members (excludes halogenated alkanes) is 5. The predicted molar refractivity (Wildman–Crippen MR) is 94.8 cm³/mol. The molecule has 1 aromatic rings. The molecular formula is C20H24N2O2. The van der Waals surface area contributed by atoms with Gasteiger partial charge in [0.2, 0.25) is 6.54 Å². The predicted octanol–water partition coefficient (Wildman–Crippen LogP) is 4.60. The number of nitrogens with zero attached hydrogens (tertiary/aromatic N) is 2. The molecule has 0 aliphatic heterocycles. The highest BCUT2D eigenvalue weighted by Gasteiger charge is 2.04. The van der Waals surface area contributed by atoms with Crippen LogP contribution < -0.4 is 9.47 Å². The van der Waals surface area contributed by atoms with E-state index in [9.17, 15) is 0 Å². The van der Waals surface area contributed by atoms with Crippen LogP contribution in [0.4, 0.5) is 0 Å². The number of hydrogen-bond donors (Lipinski definition) is 0. The van der Waals surface area contributed by atoms with Crippen LogP contribution in [0, 0.1) is 30.2 Å². The molecule has 1 rings (SSSR count). The van der Waals surface area contributed by atoms with E-state index >= 15 is 0 Å². The zero-order valence-corrected chi connectivity index (χ0v) is 14.1. The molecule has 0 atom stereocenters. The van der Waals surface area contributed by atoms with E-state index in [4.69, 9.17) is 27.7 Å². The van der Waals surface area contributed by atoms with Gasteiger partial charge in [-0.1, -0.05) is 5.92 Å². The number of rotatable bonds is 12. The number of hydrogen-bond acceptors (Lipinski definition) is 3. The Hall–Kier alpha value is -2.64. The first-order chi connectivity index (χ1) is 11.8. The molecule has 0 bridgehead atoms. The molecule has 0 heterocycles. The van der Waals surface area contributed by atoms with E-state index in [-0.39, 0.29) is 0 Å². The summed E-state index contributed by atoms with van der Waals surface area (Å²) in [5.41, 5.74) is 0.692. The van der Waals surface area contributed by atoms with Gasteiger partial charge in [0.15, 0.2) is 0 Å². The third-order valence-electron chi connectivity index (χ3n) is 3.48. The molecule has 0 amide bonds. The lowest BCUT2D eigenvalue weighted by Crippen LogP contribution is -2.01. The molecule has 0 aromatic heterocycles. The van der Waals surface area contributed by atoms with Crippen molar-refractivity contribution in [1.82, 2.24) is 0 Å². The van der Waals surface area contributed by atoms with Crippen molar-refractivity contribution in [2.45, 2.75) is 44.9 Å². The molecule has 126 valence electrons. The van der Waals surface area contributed by atoms with Gasteiger partial charge in [0.1, 0.15) is 11.5 Å². The summed E-state index contributed by atoms with van der Waals surface area (Å²) in [5.74, 6) is 4.08. The summed E-state index contributed by atoms with van der Waals surface area (Å²) in [7, 11) is 0. The summed E-state index contributed by atoms with van der Waals surface area (Å²) >= 11 is 0. The highest BCUT2D eigenvalue weighted by molar-refractivity contribution is 5.49. The molecule has 24 heavy (non-hydrogen) atoms. The first kappa shape index (κ1) is 19.4. The highest BCUT2D eigenvalue weighted by Crippen LogP contribution is 2.24. The van der Waals surface area contributed by atoms with Gasteiger partial charge in [0, 0.05) is 12.8 Å². The molecule has 0 aliphatic rings. The fraction of sp³-hybridized carbons (Fsp3) is 0.500. The van der Waals surface area contributed by atoms with E-state index < -0.39 is 0 Å². The van der Waals surface area contributed by atoms with Crippen LogP contribution in [-0.2, 0) is 0 Å². The van der Waals surface area contributed by atoms with Crippen LogP contribution in [0.25, 0.3) is 4.85 Å². The summed E-state index contributed by atoms with van der Waals surface area (Å²) in [6.45, 7) is 8.53. The Morgan fingerprint density at radius 1 is 1.04 bits per heavy atom. The van der Waals surface area contributed by atoms with Crippen molar-refractivity contribution in [1.29, 1.82) is 5.26 Å². The maximum absolute atomic E-state index is 8.48. The van der Waals surface area contributed by atoms with Crippen molar-refractivity contribution in [2.24, 2.45) is 0 Å². The molecule has 0 saturated carbocycles. The third-order valence-corrected chi connectivity index (χ3v) is 3.48. The van der Waals surface area contributed by atoms with Crippen LogP contribution in [0.3, 0.4) is 0 Å². The van der Waals surface area contributed by atoms with Gasteiger partial charge < -0.3 is 14.3 Å². The zero-order chi connectivity index (χ0) is 17.5. The number of nitriles is 1. The quantitative estimate of drug-likeness (QED) is 0.321. The first-order valence-electron chi connectivity index (χ1n) is 8.38. The Kier molecular flexibility index (Phi) is 10.4. The summed E-state index contributed by atoms with van der Waals surface area (Å²) in [6.07, 6.45) is 11.8. The monoisotopic (exact) mass is 324 g/mol. The minimum atomic E-state index is 0.587. The molecule has 0 fully saturated rings. The van der Waals surface area contributed by atoms with E-state index in [0.717, 1.165) is 44.3 Å². The van der Waals surface area contributed by atoms with Gasteiger partial charge in [-0.05, 0) is 50.3 Å². The Morgan fingerprint density at radius 3 is 2.50 bits per heavy atom. The second-order valence-corrected chi connectivity index (χ2v) is 5.41. The van der Waals surface area contributed by atoms with Gasteiger partial charge in [-0.25, -0.2) is 6.57 Å². The minimum absolute atomic E-state index is 0.587. The van der Waals surface area contributed by atoms with E-state index in [1.165, 1.54) is 0 Å². The highest BCUT2D eigenvalue weighted by atomic mass is 16.5. The van der Waals surface area contributed by atoms with E-state index in [0.29, 0.717) is 37.5 Å². The topological polar surface area (TPSA) is 46.6 Å². The summed E-state index contributed by atoms with van der Waals surface area (Å²) < 4.78 is 11.4. The van der Waals surface area contributed by atoms with Crippen molar-refractivity contribution >= 4 is 0 Å². The average molecular weight is 324 g/mol. The summed E-state index contributed by atoms with van der Waals surface area (Å²) in [6, 6.07) is 7.67. The van der Waals surface area contributed by atoms with Crippen molar-refractivity contribution < 1.29 is 9.47 Å². The smallest absolute Gasteiger partial charge is 0.214 e. The lowest BCUT2D eigenvalue weighted by molar-refractivity contribution is 0.297. The zero-order valence-electron chi connectivity index (χ0n) is 14.1. The Balaban J connectivity index is 2.35. The lowest BCUT2D eigenvalue weighted by atomic mass is 10.2. The molecule has 4 heteroatoms. The largest absolute Gasteiger partial charge is 0.494 e. The SMILES string of the molecule is [C-]#[N+]CCCCCOc1ccc(OCCCCCC#N)c(C#C)c1. The van der Waals surface area contributed by atoms with Crippen molar-refractivity contribution in [3.63, 3.8) is 0 Å². The Morgan fingerprint density at radius 2 is 1.79 bits per heavy atom. The van der Waals surface area contributed by atoms with Crippen LogP contribution in [0.5, 0.6) is 11.5 Å². The van der Waals surface area contributed by atoms with Crippen LogP contribution in [0.15, 0.2) is 18.2 Å². The van der Waals surface area contributed by atoms with Crippen molar-refractivity contribution in [3.05, 3.63) is 35.2 Å². The molecule has 0 spiro atoms. The Bertz CT molecular complexity index is 606. The Labute approximate surface area is 145 Å². The van der Waals surface area contributed by atoms with E-state index in [1.54, 1.807) is 0 Å². The van der Waals surface area contributed by atoms with Crippen LogP contribution >= 0.6 is 0 Å². The molecule has 0 saturated heterocycles. The standard InChI is InChI=1S/C20H24N2O2/c1-3-18-17-19(23-15-10-6-8-14-22-2)11-12-20(18)24-16-9-5-4-7-13-21/h1,11-12,17H,4-10,14-16H2. The van der Waals surface area contributed by atoms with E-state index in [2.05, 4.69) is 16.8 Å². The maximum atomic E-state index is 8.48. The first-order valence-corrected chi connectivity index (χ1v) is 8.38. The van der Waals surface area contributed by atoms with Gasteiger partial charge in [-0.15, -0.1) is 6.42 Å². The third kappa shape index (κ3) is 8.11. The van der Waals surface area contributed by atoms with Gasteiger partial charge in [0.05, 0.1) is 24.8 Å². The van der Waals surface area contributed by atoms with Gasteiger partial charge in [0.25, 0.3) is 0 Å². The number of terminal acetylenes is 1. The van der Waals surface area contributed by atoms with Crippen LogP contribution in [0.1, 0.15) is 50.5 Å². The fourth-order valence-electron chi connectivity index (χ4n) is 2.16. The van der Waals surface area contributed by atoms with E-state index in [1.807, 2.05) is 18.2 Å². The molecule has 1 aromatic carbocycles. The molecular weight excluding hydrogens is 300 g/mol. The number of benzene rings is 1. The molecule has 4 nitrogen and oxygen atoms in total. The minimum Gasteiger partial charge on any atom is -0.494 e. The van der Waals surface area contributed by atoms with Gasteiger partial charge >= 0.3 is 0 Å². The molecule has 0 aliphatic carbocycles. The van der Waals surface area contributed by atoms with Crippen molar-refractivity contribution in [3.8, 4) is 29.9 Å². The van der Waals surface area contributed by atoms with Crippen LogP contribution in [0.2, 0.25) is 0 Å². The maximum Gasteiger partial charge on any atom is 0.214 e. The lowest BCUT2D eigenvalue weighted by Gasteiger charge is -2.11. The van der Waals surface area contributed by atoms with Gasteiger partial charge in [-0.2, -0.15) is 5.26 Å². The molecule has 0 radical (unpaired) electrons. The second kappa shape index (κ2) is 12.9. The summed E-state index contributed by atoms with van der Waals surface area (Å²) in [4.78, 5) is 3.33. The molecule has 0 N–H and O–H groups in total. The summed E-state index contributed by atoms with van der Waals surface area (Å²) in [5, 5.41) is 8.48. The number of ether oxygens (including phenoxy) is 2. The van der Waals surface area contributed by atoms with Crippen LogP contribution in [-0.4, -0.2) is 19.8 Å². The van der Waals surface area contributed by atoms with Gasteiger partial charge in [-0.3, -0.25) is 0 Å². The second-order valence-electron chi connectivity index (χ2n) is 5.41. The average Bonchev–Trinajstić information content (AvgIpc) is 2.61.